The Morgan fingerprint density at radius 2 is 1.67 bits per heavy atom. The highest BCUT2D eigenvalue weighted by Gasteiger charge is 2.14. The van der Waals surface area contributed by atoms with Gasteiger partial charge >= 0.3 is 12.0 Å². The first-order chi connectivity index (χ1) is 14.4. The number of halogens is 1. The highest BCUT2D eigenvalue weighted by Crippen LogP contribution is 2.12. The molecule has 0 heterocycles. The van der Waals surface area contributed by atoms with E-state index in [1.54, 1.807) is 12.1 Å². The van der Waals surface area contributed by atoms with Crippen LogP contribution < -0.4 is 10.6 Å². The van der Waals surface area contributed by atoms with Crippen molar-refractivity contribution in [2.24, 2.45) is 0 Å². The fraction of sp³-hybridized carbons (Fsp3) is 0.273. The Morgan fingerprint density at radius 3 is 2.33 bits per heavy atom. The van der Waals surface area contributed by atoms with Gasteiger partial charge in [-0.15, -0.1) is 0 Å². The minimum absolute atomic E-state index is 0.0542. The van der Waals surface area contributed by atoms with Crippen LogP contribution >= 0.6 is 0 Å². The lowest BCUT2D eigenvalue weighted by Crippen LogP contribution is -2.37. The molecule has 2 aromatic rings. The van der Waals surface area contributed by atoms with E-state index in [4.69, 9.17) is 4.74 Å². The molecule has 158 valence electrons. The largest absolute Gasteiger partial charge is 0.456 e. The van der Waals surface area contributed by atoms with Gasteiger partial charge < -0.3 is 10.1 Å². The maximum Gasteiger partial charge on any atom is 0.326 e. The van der Waals surface area contributed by atoms with Crippen LogP contribution in [0.2, 0.25) is 0 Å². The van der Waals surface area contributed by atoms with Gasteiger partial charge in [0.2, 0.25) is 0 Å². The summed E-state index contributed by atoms with van der Waals surface area (Å²) in [4.78, 5) is 47.2. The molecule has 0 atom stereocenters. The number of benzene rings is 2. The minimum Gasteiger partial charge on any atom is -0.456 e. The number of nitrogens with one attached hydrogen (secondary N) is 2. The quantitative estimate of drug-likeness (QED) is 0.482. The van der Waals surface area contributed by atoms with E-state index >= 15 is 0 Å². The normalized spacial score (nSPS) is 10.2. The number of ketones is 1. The number of carbonyl (C=O) groups is 4. The molecule has 2 aromatic carbocycles. The number of imide groups is 1. The van der Waals surface area contributed by atoms with Crippen molar-refractivity contribution >= 4 is 29.4 Å². The van der Waals surface area contributed by atoms with Crippen LogP contribution in [0.5, 0.6) is 0 Å². The van der Waals surface area contributed by atoms with Crippen LogP contribution in [0.25, 0.3) is 0 Å². The molecule has 30 heavy (non-hydrogen) atoms. The molecule has 0 aliphatic carbocycles. The monoisotopic (exact) mass is 414 g/mol. The van der Waals surface area contributed by atoms with Gasteiger partial charge in [0.1, 0.15) is 5.82 Å². The molecule has 0 saturated heterocycles. The number of Topliss-reactive ketones (excluding diaryl/α,β-unsaturated/α-hetero) is 1. The van der Waals surface area contributed by atoms with E-state index in [0.29, 0.717) is 5.56 Å². The lowest BCUT2D eigenvalue weighted by Gasteiger charge is -2.08. The van der Waals surface area contributed by atoms with E-state index < -0.39 is 30.3 Å². The van der Waals surface area contributed by atoms with Gasteiger partial charge in [-0.05, 0) is 24.1 Å². The molecule has 0 unspecified atom stereocenters. The summed E-state index contributed by atoms with van der Waals surface area (Å²) in [6.45, 7) is 1.38. The zero-order chi connectivity index (χ0) is 21.9. The molecule has 0 saturated carbocycles. The van der Waals surface area contributed by atoms with Gasteiger partial charge in [0.25, 0.3) is 5.91 Å². The van der Waals surface area contributed by atoms with Gasteiger partial charge in [-0.1, -0.05) is 49.7 Å². The maximum absolute atomic E-state index is 13.4. The number of aryl methyl sites for hydroxylation is 1. The predicted molar refractivity (Wildman–Crippen MR) is 109 cm³/mol. The molecule has 7 nitrogen and oxygen atoms in total. The molecule has 0 aromatic heterocycles. The summed E-state index contributed by atoms with van der Waals surface area (Å²) in [7, 11) is 0. The molecule has 0 spiro atoms. The Balaban J connectivity index is 1.69. The van der Waals surface area contributed by atoms with Crippen molar-refractivity contribution in [3.63, 3.8) is 0 Å². The van der Waals surface area contributed by atoms with Gasteiger partial charge in [0, 0.05) is 12.0 Å². The number of para-hydroxylation sites is 1. The van der Waals surface area contributed by atoms with Crippen molar-refractivity contribution in [3.8, 4) is 0 Å². The zero-order valence-electron chi connectivity index (χ0n) is 16.6. The lowest BCUT2D eigenvalue weighted by atomic mass is 10.0. The molecule has 3 amide bonds. The summed E-state index contributed by atoms with van der Waals surface area (Å²) >= 11 is 0. The van der Waals surface area contributed by atoms with E-state index in [2.05, 4.69) is 12.2 Å². The number of hydrogen-bond donors (Lipinski definition) is 2. The van der Waals surface area contributed by atoms with E-state index in [1.807, 2.05) is 17.4 Å². The third-order valence-corrected chi connectivity index (χ3v) is 4.11. The molecular formula is C22H23FN2O5. The number of ether oxygens (including phenoxy) is 1. The smallest absolute Gasteiger partial charge is 0.326 e. The Kier molecular flexibility index (Phi) is 8.68. The van der Waals surface area contributed by atoms with Crippen LogP contribution in [0.15, 0.2) is 48.5 Å². The highest BCUT2D eigenvalue weighted by molar-refractivity contribution is 6.02. The molecule has 0 fully saturated rings. The van der Waals surface area contributed by atoms with Crippen LogP contribution in [0.4, 0.5) is 14.9 Å². The summed E-state index contributed by atoms with van der Waals surface area (Å²) in [6, 6.07) is 11.7. The number of rotatable bonds is 9. The molecular weight excluding hydrogens is 391 g/mol. The van der Waals surface area contributed by atoms with Gasteiger partial charge in [0.15, 0.2) is 12.4 Å². The molecule has 2 rings (SSSR count). The Hall–Kier alpha value is -3.55. The van der Waals surface area contributed by atoms with Crippen molar-refractivity contribution in [2.45, 2.75) is 32.6 Å². The standard InChI is InChI=1S/C22H23FN2O5/c1-2-5-15-8-10-16(11-9-15)19(26)12-13-21(28)30-14-20(27)25-22(29)24-18-7-4-3-6-17(18)23/h3-4,6-11H,2,5,12-14H2,1H3,(H2,24,25,27,29). The van der Waals surface area contributed by atoms with E-state index in [9.17, 15) is 23.6 Å². The van der Waals surface area contributed by atoms with Crippen LogP contribution in [-0.2, 0) is 20.7 Å². The number of anilines is 1. The fourth-order valence-electron chi connectivity index (χ4n) is 2.60. The highest BCUT2D eigenvalue weighted by atomic mass is 19.1. The number of esters is 1. The third-order valence-electron chi connectivity index (χ3n) is 4.11. The van der Waals surface area contributed by atoms with Gasteiger partial charge in [-0.25, -0.2) is 9.18 Å². The van der Waals surface area contributed by atoms with Gasteiger partial charge in [-0.2, -0.15) is 0 Å². The minimum atomic E-state index is -0.956. The van der Waals surface area contributed by atoms with Gasteiger partial charge in [-0.3, -0.25) is 19.7 Å². The first-order valence-corrected chi connectivity index (χ1v) is 9.52. The molecule has 0 radical (unpaired) electrons. The fourth-order valence-corrected chi connectivity index (χ4v) is 2.60. The SMILES string of the molecule is CCCc1ccc(C(=O)CCC(=O)OCC(=O)NC(=O)Nc2ccccc2F)cc1. The maximum atomic E-state index is 13.4. The van der Waals surface area contributed by atoms with Crippen LogP contribution in [0.1, 0.15) is 42.1 Å². The summed E-state index contributed by atoms with van der Waals surface area (Å²) in [5.74, 6) is -2.48. The molecule has 8 heteroatoms. The number of urea groups is 1. The third kappa shape index (κ3) is 7.46. The Morgan fingerprint density at radius 1 is 0.967 bits per heavy atom. The number of amides is 3. The average molecular weight is 414 g/mol. The van der Waals surface area contributed by atoms with Crippen molar-refractivity contribution in [3.05, 3.63) is 65.5 Å². The second-order valence-corrected chi connectivity index (χ2v) is 6.51. The predicted octanol–water partition coefficient (Wildman–Crippen LogP) is 3.63. The number of carbonyl (C=O) groups excluding carboxylic acids is 4. The first kappa shape index (κ1) is 22.7. The van der Waals surface area contributed by atoms with Crippen molar-refractivity contribution < 1.29 is 28.3 Å². The lowest BCUT2D eigenvalue weighted by molar-refractivity contribution is -0.148. The van der Waals surface area contributed by atoms with Crippen LogP contribution in [0, 0.1) is 5.82 Å². The average Bonchev–Trinajstić information content (AvgIpc) is 2.73. The summed E-state index contributed by atoms with van der Waals surface area (Å²) < 4.78 is 18.2. The second kappa shape index (κ2) is 11.5. The molecule has 2 N–H and O–H groups in total. The molecule has 0 aliphatic rings. The second-order valence-electron chi connectivity index (χ2n) is 6.51. The number of hydrogen-bond acceptors (Lipinski definition) is 5. The molecule has 0 aliphatic heterocycles. The van der Waals surface area contributed by atoms with Crippen LogP contribution in [0.3, 0.4) is 0 Å². The zero-order valence-corrected chi connectivity index (χ0v) is 16.6. The Labute approximate surface area is 173 Å². The van der Waals surface area contributed by atoms with Crippen molar-refractivity contribution in [2.75, 3.05) is 11.9 Å². The summed E-state index contributed by atoms with van der Waals surface area (Å²) in [5.41, 5.74) is 1.55. The van der Waals surface area contributed by atoms with Crippen LogP contribution in [-0.4, -0.2) is 30.3 Å². The summed E-state index contributed by atoms with van der Waals surface area (Å²) in [5, 5.41) is 4.09. The van der Waals surface area contributed by atoms with Gasteiger partial charge in [0.05, 0.1) is 12.1 Å². The Bertz CT molecular complexity index is 912. The van der Waals surface area contributed by atoms with E-state index in [-0.39, 0.29) is 24.3 Å². The van der Waals surface area contributed by atoms with Crippen molar-refractivity contribution in [1.29, 1.82) is 0 Å². The van der Waals surface area contributed by atoms with Crippen molar-refractivity contribution in [1.82, 2.24) is 5.32 Å². The van der Waals surface area contributed by atoms with E-state index in [1.165, 1.54) is 18.2 Å². The molecule has 0 bridgehead atoms. The van der Waals surface area contributed by atoms with E-state index in [0.717, 1.165) is 24.5 Å². The first-order valence-electron chi connectivity index (χ1n) is 9.52. The topological polar surface area (TPSA) is 102 Å². The summed E-state index contributed by atoms with van der Waals surface area (Å²) in [6.07, 6.45) is 1.70.